The predicted octanol–water partition coefficient (Wildman–Crippen LogP) is 6.36. The SMILES string of the molecule is C=C(C)/C(=N\N=C(/C)C1CCNCC1)SCCCN1CCC2(CC2c2ccc(C(F)(F)F)cc2)C1. The number of benzene rings is 1. The van der Waals surface area contributed by atoms with Gasteiger partial charge in [0.15, 0.2) is 0 Å². The molecule has 8 heteroatoms. The van der Waals surface area contributed by atoms with E-state index in [0.29, 0.717) is 11.8 Å². The van der Waals surface area contributed by atoms with Crippen molar-refractivity contribution < 1.29 is 13.2 Å². The third-order valence-electron chi connectivity index (χ3n) is 7.75. The highest BCUT2D eigenvalue weighted by Crippen LogP contribution is 2.64. The first-order chi connectivity index (χ1) is 16.7. The number of hydrogen-bond donors (Lipinski definition) is 1. The smallest absolute Gasteiger partial charge is 0.317 e. The van der Waals surface area contributed by atoms with Crippen LogP contribution in [0.1, 0.15) is 63.0 Å². The first-order valence-corrected chi connectivity index (χ1v) is 13.7. The zero-order valence-electron chi connectivity index (χ0n) is 20.8. The van der Waals surface area contributed by atoms with Gasteiger partial charge in [0.05, 0.1) is 5.56 Å². The molecule has 1 aromatic rings. The van der Waals surface area contributed by atoms with E-state index in [9.17, 15) is 13.2 Å². The van der Waals surface area contributed by atoms with Gasteiger partial charge in [-0.2, -0.15) is 18.3 Å². The number of halogens is 3. The highest BCUT2D eigenvalue weighted by atomic mass is 32.2. The predicted molar refractivity (Wildman–Crippen MR) is 140 cm³/mol. The zero-order chi connectivity index (χ0) is 25.1. The van der Waals surface area contributed by atoms with Crippen LogP contribution in [-0.4, -0.2) is 54.1 Å². The molecule has 1 aromatic carbocycles. The Labute approximate surface area is 211 Å². The van der Waals surface area contributed by atoms with Crippen molar-refractivity contribution >= 4 is 22.5 Å². The second kappa shape index (κ2) is 11.2. The second-order valence-corrected chi connectivity index (χ2v) is 11.5. The molecule has 3 aliphatic rings. The Morgan fingerprint density at radius 1 is 1.17 bits per heavy atom. The number of rotatable bonds is 8. The van der Waals surface area contributed by atoms with Crippen molar-refractivity contribution in [3.63, 3.8) is 0 Å². The third-order valence-corrected chi connectivity index (χ3v) is 8.94. The number of hydrogen-bond acceptors (Lipinski definition) is 5. The van der Waals surface area contributed by atoms with Gasteiger partial charge in [0.1, 0.15) is 5.04 Å². The summed E-state index contributed by atoms with van der Waals surface area (Å²) in [6, 6.07) is 5.80. The summed E-state index contributed by atoms with van der Waals surface area (Å²) in [7, 11) is 0. The summed E-state index contributed by atoms with van der Waals surface area (Å²) in [6.07, 6.45) is 1.26. The largest absolute Gasteiger partial charge is 0.416 e. The van der Waals surface area contributed by atoms with Crippen molar-refractivity contribution in [3.05, 3.63) is 47.5 Å². The van der Waals surface area contributed by atoms with Crippen LogP contribution in [0.5, 0.6) is 0 Å². The van der Waals surface area contributed by atoms with Crippen molar-refractivity contribution in [2.75, 3.05) is 38.5 Å². The number of nitrogens with zero attached hydrogens (tertiary/aromatic N) is 3. The standard InChI is InChI=1S/C27H37F3N4S/c1-19(2)25(33-32-20(3)21-9-12-31-13-10-21)35-16-4-14-34-15-11-26(18-34)17-24(26)22-5-7-23(8-6-22)27(28,29)30/h5-8,21,24,31H,1,4,9-18H2,2-3H3/b32-20+,33-25+. The van der Waals surface area contributed by atoms with Crippen LogP contribution in [0.3, 0.4) is 0 Å². The molecule has 35 heavy (non-hydrogen) atoms. The van der Waals surface area contributed by atoms with Gasteiger partial charge in [-0.05, 0) is 107 Å². The minimum absolute atomic E-state index is 0.262. The van der Waals surface area contributed by atoms with E-state index in [4.69, 9.17) is 0 Å². The number of piperidine rings is 1. The average Bonchev–Trinajstić information content (AvgIpc) is 3.39. The molecule has 192 valence electrons. The third kappa shape index (κ3) is 6.77. The van der Waals surface area contributed by atoms with Crippen LogP contribution in [0.2, 0.25) is 0 Å². The molecule has 2 aliphatic heterocycles. The van der Waals surface area contributed by atoms with Gasteiger partial charge in [-0.3, -0.25) is 0 Å². The van der Waals surface area contributed by atoms with E-state index in [1.165, 1.54) is 12.1 Å². The Bertz CT molecular complexity index is 950. The van der Waals surface area contributed by atoms with Gasteiger partial charge >= 0.3 is 6.18 Å². The lowest BCUT2D eigenvalue weighted by Crippen LogP contribution is -2.30. The van der Waals surface area contributed by atoms with Crippen LogP contribution in [0.25, 0.3) is 0 Å². The summed E-state index contributed by atoms with van der Waals surface area (Å²) >= 11 is 1.73. The summed E-state index contributed by atoms with van der Waals surface area (Å²) in [5.74, 6) is 1.89. The fourth-order valence-corrected chi connectivity index (χ4v) is 6.30. The molecule has 3 fully saturated rings. The Hall–Kier alpha value is -1.64. The molecule has 2 saturated heterocycles. The molecular formula is C27H37F3N4S. The van der Waals surface area contributed by atoms with Crippen molar-refractivity contribution in [3.8, 4) is 0 Å². The van der Waals surface area contributed by atoms with E-state index in [1.54, 1.807) is 23.9 Å². The van der Waals surface area contributed by atoms with Gasteiger partial charge in [-0.25, -0.2) is 0 Å². The van der Waals surface area contributed by atoms with Crippen molar-refractivity contribution in [2.24, 2.45) is 21.5 Å². The number of likely N-dealkylation sites (tertiary alicyclic amines) is 1. The van der Waals surface area contributed by atoms with Crippen LogP contribution in [0.4, 0.5) is 13.2 Å². The zero-order valence-corrected chi connectivity index (χ0v) is 21.6. The molecule has 0 amide bonds. The van der Waals surface area contributed by atoms with Crippen LogP contribution in [0.15, 0.2) is 46.6 Å². The normalized spacial score (nSPS) is 26.5. The van der Waals surface area contributed by atoms with Crippen molar-refractivity contribution in [1.29, 1.82) is 0 Å². The molecule has 1 aliphatic carbocycles. The molecule has 1 N–H and O–H groups in total. The maximum absolute atomic E-state index is 12.9. The Morgan fingerprint density at radius 2 is 1.89 bits per heavy atom. The van der Waals surface area contributed by atoms with Gasteiger partial charge in [0, 0.05) is 23.9 Å². The first kappa shape index (κ1) is 26.4. The topological polar surface area (TPSA) is 40.0 Å². The van der Waals surface area contributed by atoms with E-state index in [-0.39, 0.29) is 5.41 Å². The molecule has 4 rings (SSSR count). The molecule has 1 spiro atoms. The lowest BCUT2D eigenvalue weighted by Gasteiger charge is -2.21. The number of thioether (sulfide) groups is 1. The fraction of sp³-hybridized carbons (Fsp3) is 0.630. The van der Waals surface area contributed by atoms with E-state index < -0.39 is 11.7 Å². The summed E-state index contributed by atoms with van der Waals surface area (Å²) in [5, 5.41) is 13.4. The summed E-state index contributed by atoms with van der Waals surface area (Å²) in [4.78, 5) is 2.52. The monoisotopic (exact) mass is 506 g/mol. The molecule has 4 nitrogen and oxygen atoms in total. The Balaban J connectivity index is 1.21. The molecule has 1 saturated carbocycles. The first-order valence-electron chi connectivity index (χ1n) is 12.7. The minimum atomic E-state index is -4.27. The van der Waals surface area contributed by atoms with Crippen molar-refractivity contribution in [1.82, 2.24) is 10.2 Å². The molecular weight excluding hydrogens is 469 g/mol. The van der Waals surface area contributed by atoms with E-state index in [2.05, 4.69) is 33.9 Å². The molecule has 2 heterocycles. The highest BCUT2D eigenvalue weighted by Gasteiger charge is 2.57. The van der Waals surface area contributed by atoms with Crippen molar-refractivity contribution in [2.45, 2.75) is 58.0 Å². The number of nitrogens with one attached hydrogen (secondary N) is 1. The van der Waals surface area contributed by atoms with Gasteiger partial charge in [0.2, 0.25) is 0 Å². The fourth-order valence-electron chi connectivity index (χ4n) is 5.49. The molecule has 2 unspecified atom stereocenters. The van der Waals surface area contributed by atoms with Gasteiger partial charge in [-0.1, -0.05) is 18.7 Å². The summed E-state index contributed by atoms with van der Waals surface area (Å²) in [5.41, 5.74) is 2.82. The lowest BCUT2D eigenvalue weighted by molar-refractivity contribution is -0.137. The van der Waals surface area contributed by atoms with Gasteiger partial charge in [-0.15, -0.1) is 16.9 Å². The average molecular weight is 507 g/mol. The second-order valence-electron chi connectivity index (χ2n) is 10.4. The van der Waals surface area contributed by atoms with E-state index >= 15 is 0 Å². The Morgan fingerprint density at radius 3 is 2.54 bits per heavy atom. The summed E-state index contributed by atoms with van der Waals surface area (Å²) < 4.78 is 38.6. The Kier molecular flexibility index (Phi) is 8.44. The van der Waals surface area contributed by atoms with Crippen LogP contribution in [0, 0.1) is 11.3 Å². The summed E-state index contributed by atoms with van der Waals surface area (Å²) in [6.45, 7) is 13.4. The quantitative estimate of drug-likeness (QED) is 0.193. The molecule has 0 aromatic heterocycles. The van der Waals surface area contributed by atoms with E-state index in [0.717, 1.165) is 92.5 Å². The number of alkyl halides is 3. The highest BCUT2D eigenvalue weighted by molar-refractivity contribution is 8.14. The van der Waals surface area contributed by atoms with Gasteiger partial charge < -0.3 is 10.2 Å². The lowest BCUT2D eigenvalue weighted by atomic mass is 9.94. The minimum Gasteiger partial charge on any atom is -0.317 e. The maximum Gasteiger partial charge on any atom is 0.416 e. The molecule has 0 bridgehead atoms. The maximum atomic E-state index is 12.9. The molecule has 0 radical (unpaired) electrons. The molecule has 2 atom stereocenters. The van der Waals surface area contributed by atoms with Gasteiger partial charge in [0.25, 0.3) is 0 Å². The van der Waals surface area contributed by atoms with Crippen LogP contribution >= 0.6 is 11.8 Å². The van der Waals surface area contributed by atoms with Crippen LogP contribution < -0.4 is 5.32 Å². The van der Waals surface area contributed by atoms with E-state index in [1.807, 2.05) is 6.92 Å². The van der Waals surface area contributed by atoms with Crippen LogP contribution in [-0.2, 0) is 6.18 Å².